The molecule has 0 N–H and O–H groups in total. The molecule has 0 radical (unpaired) electrons. The number of hydrogen-bond acceptors (Lipinski definition) is 4. The van der Waals surface area contributed by atoms with E-state index in [0.29, 0.717) is 18.2 Å². The predicted molar refractivity (Wildman–Crippen MR) is 132 cm³/mol. The van der Waals surface area contributed by atoms with Crippen LogP contribution < -0.4 is 9.47 Å². The molecule has 2 unspecified atom stereocenters. The molecule has 2 atom stereocenters. The summed E-state index contributed by atoms with van der Waals surface area (Å²) in [5, 5.41) is 0. The molecule has 4 rings (SSSR count). The SMILES string of the molecule is COc1cc2c(cc1OC)CC(=O)N(C(C)C1CCCCCN1CCc1ccccc1)CC2. The first-order valence-electron chi connectivity index (χ1n) is 12.4. The molecular weight excluding hydrogens is 412 g/mol. The fourth-order valence-corrected chi connectivity index (χ4v) is 5.56. The second kappa shape index (κ2) is 11.1. The summed E-state index contributed by atoms with van der Waals surface area (Å²) >= 11 is 0. The van der Waals surface area contributed by atoms with Gasteiger partial charge in [0.15, 0.2) is 11.5 Å². The van der Waals surface area contributed by atoms with E-state index in [0.717, 1.165) is 50.2 Å². The van der Waals surface area contributed by atoms with Crippen LogP contribution in [-0.4, -0.2) is 61.6 Å². The van der Waals surface area contributed by atoms with Gasteiger partial charge in [0.2, 0.25) is 5.91 Å². The molecule has 2 aromatic carbocycles. The zero-order valence-corrected chi connectivity index (χ0v) is 20.4. The van der Waals surface area contributed by atoms with E-state index >= 15 is 0 Å². The molecule has 5 heteroatoms. The summed E-state index contributed by atoms with van der Waals surface area (Å²) in [5.41, 5.74) is 3.64. The van der Waals surface area contributed by atoms with Crippen molar-refractivity contribution in [1.82, 2.24) is 9.80 Å². The summed E-state index contributed by atoms with van der Waals surface area (Å²) in [6.45, 7) is 5.19. The number of methoxy groups -OCH3 is 2. The maximum Gasteiger partial charge on any atom is 0.227 e. The number of carbonyl (C=O) groups is 1. The van der Waals surface area contributed by atoms with Crippen LogP contribution >= 0.6 is 0 Å². The van der Waals surface area contributed by atoms with Gasteiger partial charge in [-0.3, -0.25) is 9.69 Å². The lowest BCUT2D eigenvalue weighted by Gasteiger charge is -2.40. The second-order valence-corrected chi connectivity index (χ2v) is 9.42. The molecule has 1 saturated heterocycles. The normalized spacial score (nSPS) is 20.5. The summed E-state index contributed by atoms with van der Waals surface area (Å²) in [7, 11) is 3.31. The fourth-order valence-electron chi connectivity index (χ4n) is 5.56. The number of nitrogens with zero attached hydrogens (tertiary/aromatic N) is 2. The molecule has 2 aliphatic rings. The highest BCUT2D eigenvalue weighted by Gasteiger charge is 2.33. The zero-order valence-electron chi connectivity index (χ0n) is 20.4. The molecule has 2 aromatic rings. The van der Waals surface area contributed by atoms with Crippen molar-refractivity contribution in [2.24, 2.45) is 0 Å². The minimum absolute atomic E-state index is 0.199. The van der Waals surface area contributed by atoms with Crippen LogP contribution in [0.15, 0.2) is 42.5 Å². The van der Waals surface area contributed by atoms with Gasteiger partial charge in [-0.15, -0.1) is 0 Å². The van der Waals surface area contributed by atoms with Crippen LogP contribution in [-0.2, 0) is 24.1 Å². The van der Waals surface area contributed by atoms with E-state index in [9.17, 15) is 4.79 Å². The van der Waals surface area contributed by atoms with Crippen molar-refractivity contribution in [1.29, 1.82) is 0 Å². The smallest absolute Gasteiger partial charge is 0.227 e. The summed E-state index contributed by atoms with van der Waals surface area (Å²) in [6, 6.07) is 15.4. The molecule has 0 spiro atoms. The summed E-state index contributed by atoms with van der Waals surface area (Å²) < 4.78 is 11.0. The Morgan fingerprint density at radius 2 is 1.70 bits per heavy atom. The van der Waals surface area contributed by atoms with Gasteiger partial charge in [0.05, 0.1) is 20.6 Å². The van der Waals surface area contributed by atoms with E-state index in [1.54, 1.807) is 14.2 Å². The standard InChI is InChI=1S/C28H38N2O3/c1-21(25-12-8-5-9-15-29(25)16-13-22-10-6-4-7-11-22)30-17-14-23-18-26(32-2)27(33-3)19-24(23)20-28(30)31/h4,6-7,10-11,18-19,21,25H,5,8-9,12-17,20H2,1-3H3. The molecule has 0 aliphatic carbocycles. The first-order chi connectivity index (χ1) is 16.1. The third kappa shape index (κ3) is 5.52. The minimum Gasteiger partial charge on any atom is -0.493 e. The van der Waals surface area contributed by atoms with Crippen molar-refractivity contribution in [2.75, 3.05) is 33.9 Å². The lowest BCUT2D eigenvalue weighted by atomic mass is 10.00. The molecule has 0 saturated carbocycles. The Labute approximate surface area is 198 Å². The van der Waals surface area contributed by atoms with Crippen molar-refractivity contribution in [3.8, 4) is 11.5 Å². The van der Waals surface area contributed by atoms with Gasteiger partial charge < -0.3 is 14.4 Å². The first kappa shape index (κ1) is 23.6. The van der Waals surface area contributed by atoms with Crippen molar-refractivity contribution in [3.63, 3.8) is 0 Å². The number of fused-ring (bicyclic) bond motifs is 1. The third-order valence-corrected chi connectivity index (χ3v) is 7.48. The Bertz CT molecular complexity index is 930. The Morgan fingerprint density at radius 1 is 0.970 bits per heavy atom. The number of benzene rings is 2. The average molecular weight is 451 g/mol. The van der Waals surface area contributed by atoms with Gasteiger partial charge in [0.1, 0.15) is 0 Å². The monoisotopic (exact) mass is 450 g/mol. The topological polar surface area (TPSA) is 42.0 Å². The van der Waals surface area contributed by atoms with Crippen LogP contribution in [0.3, 0.4) is 0 Å². The number of hydrogen-bond donors (Lipinski definition) is 0. The molecule has 33 heavy (non-hydrogen) atoms. The largest absolute Gasteiger partial charge is 0.493 e. The second-order valence-electron chi connectivity index (χ2n) is 9.42. The Morgan fingerprint density at radius 3 is 2.42 bits per heavy atom. The van der Waals surface area contributed by atoms with Gasteiger partial charge in [-0.05, 0) is 68.0 Å². The lowest BCUT2D eigenvalue weighted by molar-refractivity contribution is -0.133. The molecular formula is C28H38N2O3. The fraction of sp³-hybridized carbons (Fsp3) is 0.536. The van der Waals surface area contributed by atoms with Crippen LogP contribution in [0.4, 0.5) is 0 Å². The molecule has 0 aromatic heterocycles. The molecule has 0 bridgehead atoms. The summed E-state index contributed by atoms with van der Waals surface area (Å²) in [6.07, 6.45) is 7.27. The van der Waals surface area contributed by atoms with E-state index in [1.807, 2.05) is 12.1 Å². The molecule has 5 nitrogen and oxygen atoms in total. The van der Waals surface area contributed by atoms with Crippen molar-refractivity contribution < 1.29 is 14.3 Å². The van der Waals surface area contributed by atoms with E-state index in [1.165, 1.54) is 30.4 Å². The number of likely N-dealkylation sites (tertiary alicyclic amines) is 1. The van der Waals surface area contributed by atoms with E-state index in [-0.39, 0.29) is 11.9 Å². The van der Waals surface area contributed by atoms with Gasteiger partial charge >= 0.3 is 0 Å². The summed E-state index contributed by atoms with van der Waals surface area (Å²) in [5.74, 6) is 1.66. The zero-order chi connectivity index (χ0) is 23.2. The van der Waals surface area contributed by atoms with E-state index in [2.05, 4.69) is 47.1 Å². The van der Waals surface area contributed by atoms with Gasteiger partial charge in [-0.2, -0.15) is 0 Å². The maximum absolute atomic E-state index is 13.4. The highest BCUT2D eigenvalue weighted by atomic mass is 16.5. The van der Waals surface area contributed by atoms with Gasteiger partial charge in [-0.1, -0.05) is 43.2 Å². The molecule has 178 valence electrons. The van der Waals surface area contributed by atoms with Crippen molar-refractivity contribution >= 4 is 5.91 Å². The molecule has 2 heterocycles. The average Bonchev–Trinajstić information content (AvgIpc) is 3.17. The van der Waals surface area contributed by atoms with Crippen LogP contribution in [0.1, 0.15) is 49.3 Å². The van der Waals surface area contributed by atoms with Crippen LogP contribution in [0, 0.1) is 0 Å². The van der Waals surface area contributed by atoms with Crippen LogP contribution in [0.2, 0.25) is 0 Å². The number of carbonyl (C=O) groups excluding carboxylic acids is 1. The highest BCUT2D eigenvalue weighted by molar-refractivity contribution is 5.80. The minimum atomic E-state index is 0.199. The van der Waals surface area contributed by atoms with Gasteiger partial charge in [0, 0.05) is 25.2 Å². The van der Waals surface area contributed by atoms with Crippen LogP contribution in [0.25, 0.3) is 0 Å². The Kier molecular flexibility index (Phi) is 7.92. The van der Waals surface area contributed by atoms with Gasteiger partial charge in [-0.25, -0.2) is 0 Å². The molecule has 1 fully saturated rings. The Hall–Kier alpha value is -2.53. The molecule has 2 aliphatic heterocycles. The lowest BCUT2D eigenvalue weighted by Crippen LogP contribution is -2.53. The van der Waals surface area contributed by atoms with E-state index in [4.69, 9.17) is 9.47 Å². The summed E-state index contributed by atoms with van der Waals surface area (Å²) in [4.78, 5) is 18.2. The quantitative estimate of drug-likeness (QED) is 0.623. The van der Waals surface area contributed by atoms with Crippen molar-refractivity contribution in [2.45, 2.75) is 64.0 Å². The highest BCUT2D eigenvalue weighted by Crippen LogP contribution is 2.33. The number of ether oxygens (including phenoxy) is 2. The van der Waals surface area contributed by atoms with E-state index < -0.39 is 0 Å². The predicted octanol–water partition coefficient (Wildman–Crippen LogP) is 4.51. The van der Waals surface area contributed by atoms with Crippen LogP contribution in [0.5, 0.6) is 11.5 Å². The number of rotatable bonds is 7. The molecule has 1 amide bonds. The van der Waals surface area contributed by atoms with Gasteiger partial charge in [0.25, 0.3) is 0 Å². The Balaban J connectivity index is 1.49. The maximum atomic E-state index is 13.4. The third-order valence-electron chi connectivity index (χ3n) is 7.48. The van der Waals surface area contributed by atoms with Crippen molar-refractivity contribution in [3.05, 3.63) is 59.2 Å². The number of amides is 1. The first-order valence-corrected chi connectivity index (χ1v) is 12.4.